The van der Waals surface area contributed by atoms with Crippen LogP contribution in [0.1, 0.15) is 12.0 Å². The number of nitrogens with zero attached hydrogens (tertiary/aromatic N) is 2. The number of hydrogen-bond donors (Lipinski definition) is 2. The van der Waals surface area contributed by atoms with Gasteiger partial charge in [0.25, 0.3) is 0 Å². The van der Waals surface area contributed by atoms with E-state index in [0.29, 0.717) is 13.0 Å². The monoisotopic (exact) mass is 330 g/mol. The second-order valence-electron chi connectivity index (χ2n) is 4.33. The molecule has 1 amide bonds. The van der Waals surface area contributed by atoms with Gasteiger partial charge < -0.3 is 15.2 Å². The van der Waals surface area contributed by atoms with E-state index in [1.807, 2.05) is 42.1 Å². The van der Waals surface area contributed by atoms with Gasteiger partial charge in [-0.25, -0.2) is 4.98 Å². The topological polar surface area (TPSA) is 58.9 Å². The van der Waals surface area contributed by atoms with Gasteiger partial charge in [-0.3, -0.25) is 4.79 Å². The maximum Gasteiger partial charge on any atom is 0.226 e. The molecule has 2 rings (SSSR count). The van der Waals surface area contributed by atoms with Crippen LogP contribution in [-0.2, 0) is 17.9 Å². The summed E-state index contributed by atoms with van der Waals surface area (Å²) < 4.78 is 1.89. The quantitative estimate of drug-likeness (QED) is 0.855. The first-order chi connectivity index (χ1) is 9.28. The van der Waals surface area contributed by atoms with Crippen LogP contribution >= 0.6 is 24.8 Å². The Balaban J connectivity index is 0.00000200. The van der Waals surface area contributed by atoms with Gasteiger partial charge in [-0.2, -0.15) is 0 Å². The molecule has 0 bridgehead atoms. The highest BCUT2D eigenvalue weighted by molar-refractivity contribution is 5.90. The molecule has 0 aliphatic heterocycles. The first-order valence-corrected chi connectivity index (χ1v) is 6.27. The molecule has 21 heavy (non-hydrogen) atoms. The Morgan fingerprint density at radius 1 is 1.33 bits per heavy atom. The van der Waals surface area contributed by atoms with Crippen LogP contribution in [0.4, 0.5) is 5.69 Å². The molecular formula is C14H20Cl2N4O. The SMILES string of the molecule is CNCc1cccc(NC(=O)CCn2ccnc2)c1.Cl.Cl. The van der Waals surface area contributed by atoms with Crippen molar-refractivity contribution in [2.75, 3.05) is 12.4 Å². The predicted octanol–water partition coefficient (Wildman–Crippen LogP) is 2.47. The summed E-state index contributed by atoms with van der Waals surface area (Å²) in [6.45, 7) is 1.43. The predicted molar refractivity (Wildman–Crippen MR) is 89.2 cm³/mol. The van der Waals surface area contributed by atoms with E-state index in [1.54, 1.807) is 12.5 Å². The van der Waals surface area contributed by atoms with Gasteiger partial charge in [0.2, 0.25) is 5.91 Å². The zero-order chi connectivity index (χ0) is 13.5. The fourth-order valence-electron chi connectivity index (χ4n) is 1.84. The molecule has 0 atom stereocenters. The summed E-state index contributed by atoms with van der Waals surface area (Å²) in [6, 6.07) is 7.84. The van der Waals surface area contributed by atoms with E-state index in [2.05, 4.69) is 15.6 Å². The number of rotatable bonds is 6. The molecule has 0 saturated carbocycles. The molecule has 2 aromatic rings. The van der Waals surface area contributed by atoms with Crippen molar-refractivity contribution in [3.8, 4) is 0 Å². The summed E-state index contributed by atoms with van der Waals surface area (Å²) in [5.41, 5.74) is 1.98. The first-order valence-electron chi connectivity index (χ1n) is 6.27. The molecule has 0 aliphatic carbocycles. The largest absolute Gasteiger partial charge is 0.337 e. The number of amides is 1. The van der Waals surface area contributed by atoms with Gasteiger partial charge in [0.05, 0.1) is 6.33 Å². The second kappa shape index (κ2) is 10.2. The van der Waals surface area contributed by atoms with Crippen molar-refractivity contribution in [1.29, 1.82) is 0 Å². The third-order valence-electron chi connectivity index (χ3n) is 2.75. The average Bonchev–Trinajstić information content (AvgIpc) is 2.90. The lowest BCUT2D eigenvalue weighted by Crippen LogP contribution is -2.14. The van der Waals surface area contributed by atoms with E-state index in [4.69, 9.17) is 0 Å². The Morgan fingerprint density at radius 3 is 2.81 bits per heavy atom. The highest BCUT2D eigenvalue weighted by atomic mass is 35.5. The maximum absolute atomic E-state index is 11.8. The highest BCUT2D eigenvalue weighted by Gasteiger charge is 2.03. The van der Waals surface area contributed by atoms with Gasteiger partial charge in [0.1, 0.15) is 0 Å². The van der Waals surface area contributed by atoms with Crippen LogP contribution < -0.4 is 10.6 Å². The molecule has 0 saturated heterocycles. The number of anilines is 1. The van der Waals surface area contributed by atoms with Crippen LogP contribution in [0.3, 0.4) is 0 Å². The van der Waals surface area contributed by atoms with Crippen LogP contribution in [-0.4, -0.2) is 22.5 Å². The standard InChI is InChI=1S/C14H18N4O.2ClH/c1-15-10-12-3-2-4-13(9-12)17-14(19)5-7-18-8-6-16-11-18;;/h2-4,6,8-9,11,15H,5,7,10H2,1H3,(H,17,19);2*1H. The summed E-state index contributed by atoms with van der Waals surface area (Å²) in [6.07, 6.45) is 5.70. The van der Waals surface area contributed by atoms with E-state index in [1.165, 1.54) is 0 Å². The third kappa shape index (κ3) is 6.62. The normalized spacial score (nSPS) is 9.38. The lowest BCUT2D eigenvalue weighted by molar-refractivity contribution is -0.116. The summed E-state index contributed by atoms with van der Waals surface area (Å²) in [4.78, 5) is 15.8. The van der Waals surface area contributed by atoms with Gasteiger partial charge in [0.15, 0.2) is 0 Å². The van der Waals surface area contributed by atoms with Gasteiger partial charge in [-0.05, 0) is 24.7 Å². The zero-order valence-corrected chi connectivity index (χ0v) is 13.4. The van der Waals surface area contributed by atoms with Crippen molar-refractivity contribution in [3.63, 3.8) is 0 Å². The number of aryl methyl sites for hydroxylation is 1. The first kappa shape index (κ1) is 19.4. The van der Waals surface area contributed by atoms with Crippen molar-refractivity contribution in [3.05, 3.63) is 48.5 Å². The molecule has 0 unspecified atom stereocenters. The van der Waals surface area contributed by atoms with Crippen LogP contribution in [0.2, 0.25) is 0 Å². The number of aromatic nitrogens is 2. The Hall–Kier alpha value is -1.56. The van der Waals surface area contributed by atoms with Crippen molar-refractivity contribution < 1.29 is 4.79 Å². The molecule has 7 heteroatoms. The van der Waals surface area contributed by atoms with Crippen molar-refractivity contribution in [2.24, 2.45) is 0 Å². The van der Waals surface area contributed by atoms with E-state index >= 15 is 0 Å². The Labute approximate surface area is 137 Å². The number of nitrogens with one attached hydrogen (secondary N) is 2. The summed E-state index contributed by atoms with van der Waals surface area (Å²) in [5.74, 6) is 0.00954. The molecule has 0 aliphatic rings. The summed E-state index contributed by atoms with van der Waals surface area (Å²) >= 11 is 0. The summed E-state index contributed by atoms with van der Waals surface area (Å²) in [7, 11) is 1.90. The van der Waals surface area contributed by atoms with Gasteiger partial charge in [0, 0.05) is 37.6 Å². The molecule has 2 N–H and O–H groups in total. The molecular weight excluding hydrogens is 311 g/mol. The van der Waals surface area contributed by atoms with Crippen LogP contribution in [0.5, 0.6) is 0 Å². The van der Waals surface area contributed by atoms with Crippen LogP contribution in [0.15, 0.2) is 43.0 Å². The van der Waals surface area contributed by atoms with E-state index in [9.17, 15) is 4.79 Å². The summed E-state index contributed by atoms with van der Waals surface area (Å²) in [5, 5.41) is 5.99. The van der Waals surface area contributed by atoms with Crippen molar-refractivity contribution >= 4 is 36.4 Å². The molecule has 1 aromatic heterocycles. The number of imidazole rings is 1. The van der Waals surface area contributed by atoms with Gasteiger partial charge in [-0.1, -0.05) is 12.1 Å². The van der Waals surface area contributed by atoms with E-state index in [0.717, 1.165) is 17.8 Å². The number of carbonyl (C=O) groups excluding carboxylic acids is 1. The molecule has 116 valence electrons. The zero-order valence-electron chi connectivity index (χ0n) is 11.8. The maximum atomic E-state index is 11.8. The number of hydrogen-bond acceptors (Lipinski definition) is 3. The molecule has 1 heterocycles. The lowest BCUT2D eigenvalue weighted by atomic mass is 10.2. The molecule has 1 aromatic carbocycles. The molecule has 0 radical (unpaired) electrons. The Kier molecular flexibility index (Phi) is 9.45. The lowest BCUT2D eigenvalue weighted by Gasteiger charge is -2.07. The minimum Gasteiger partial charge on any atom is -0.337 e. The van der Waals surface area contributed by atoms with E-state index in [-0.39, 0.29) is 30.7 Å². The fourth-order valence-corrected chi connectivity index (χ4v) is 1.84. The highest BCUT2D eigenvalue weighted by Crippen LogP contribution is 2.11. The Bertz CT molecular complexity index is 532. The van der Waals surface area contributed by atoms with Gasteiger partial charge >= 0.3 is 0 Å². The Morgan fingerprint density at radius 2 is 2.14 bits per heavy atom. The molecule has 5 nitrogen and oxygen atoms in total. The van der Waals surface area contributed by atoms with Crippen molar-refractivity contribution in [2.45, 2.75) is 19.5 Å². The van der Waals surface area contributed by atoms with Crippen LogP contribution in [0.25, 0.3) is 0 Å². The van der Waals surface area contributed by atoms with Crippen LogP contribution in [0, 0.1) is 0 Å². The molecule has 0 spiro atoms. The van der Waals surface area contributed by atoms with Gasteiger partial charge in [-0.15, -0.1) is 24.8 Å². The number of carbonyl (C=O) groups is 1. The third-order valence-corrected chi connectivity index (χ3v) is 2.75. The minimum atomic E-state index is 0. The number of halogens is 2. The second-order valence-corrected chi connectivity index (χ2v) is 4.33. The smallest absolute Gasteiger partial charge is 0.226 e. The van der Waals surface area contributed by atoms with Crippen molar-refractivity contribution in [1.82, 2.24) is 14.9 Å². The minimum absolute atomic E-state index is 0. The number of benzene rings is 1. The molecule has 0 fully saturated rings. The fraction of sp³-hybridized carbons (Fsp3) is 0.286. The average molecular weight is 331 g/mol. The van der Waals surface area contributed by atoms with E-state index < -0.39 is 0 Å².